The minimum atomic E-state index is -4.64. The minimum absolute atomic E-state index is 0.151. The number of hydrogen-bond donors (Lipinski definition) is 0. The van der Waals surface area contributed by atoms with Gasteiger partial charge in [-0.3, -0.25) is 14.4 Å². The molecular formula is C34H59F3O6Si2. The van der Waals surface area contributed by atoms with Crippen LogP contribution in [0.4, 0.5) is 13.2 Å². The first-order chi connectivity index (χ1) is 20.4. The molecule has 0 N–H and O–H groups in total. The van der Waals surface area contributed by atoms with Gasteiger partial charge in [-0.1, -0.05) is 87.5 Å². The van der Waals surface area contributed by atoms with Gasteiger partial charge in [-0.05, 0) is 55.5 Å². The van der Waals surface area contributed by atoms with Crippen LogP contribution in [0.5, 0.6) is 0 Å². The lowest BCUT2D eigenvalue weighted by molar-refractivity contribution is -0.158. The Bertz CT molecular complexity index is 1080. The Labute approximate surface area is 272 Å². The summed E-state index contributed by atoms with van der Waals surface area (Å²) in [6.45, 7) is 25.1. The molecule has 0 spiro atoms. The van der Waals surface area contributed by atoms with Crippen LogP contribution in [0, 0.1) is 17.3 Å². The zero-order valence-corrected chi connectivity index (χ0v) is 31.9. The van der Waals surface area contributed by atoms with E-state index in [0.717, 1.165) is 24.2 Å². The van der Waals surface area contributed by atoms with Crippen LogP contribution in [-0.4, -0.2) is 58.7 Å². The van der Waals surface area contributed by atoms with Gasteiger partial charge in [-0.2, -0.15) is 13.2 Å². The molecule has 45 heavy (non-hydrogen) atoms. The van der Waals surface area contributed by atoms with E-state index in [1.807, 2.05) is 13.8 Å². The first-order valence-electron chi connectivity index (χ1n) is 16.4. The summed E-state index contributed by atoms with van der Waals surface area (Å²) in [7, 11) is -4.79. The first-order valence-corrected chi connectivity index (χ1v) is 21.9. The molecule has 0 bridgehead atoms. The van der Waals surface area contributed by atoms with Gasteiger partial charge >= 0.3 is 12.1 Å². The Morgan fingerprint density at radius 1 is 1.02 bits per heavy atom. The summed E-state index contributed by atoms with van der Waals surface area (Å²) in [5.41, 5.74) is -1.97. The van der Waals surface area contributed by atoms with Crippen molar-refractivity contribution in [2.45, 2.75) is 156 Å². The highest BCUT2D eigenvalue weighted by Gasteiger charge is 2.49. The van der Waals surface area contributed by atoms with E-state index in [4.69, 9.17) is 13.6 Å². The second-order valence-electron chi connectivity index (χ2n) is 14.8. The standard InChI is InChI=1S/C34H59F3O6Si2/c1-14-45(15-2,16-3)42-28-22-29(39)41-27(25(6)38)21-20-26(34(35,36)37)19-17-18-23(4)30(24(5)31(40)33(28,10)11)43-44(12,13)32(7,8)9/h17-18,20,23-24,27-28,30H,14-16,19,21-22H2,1-13H3/b18-17+,26-20+/t23-,24?,27-,28-,30-/m0/s1. The van der Waals surface area contributed by atoms with Crippen LogP contribution in [0.25, 0.3) is 0 Å². The third-order valence-electron chi connectivity index (χ3n) is 10.2. The van der Waals surface area contributed by atoms with Crippen molar-refractivity contribution in [2.24, 2.45) is 17.3 Å². The number of ketones is 2. The third-order valence-corrected chi connectivity index (χ3v) is 19.4. The van der Waals surface area contributed by atoms with Crippen molar-refractivity contribution >= 4 is 34.2 Å². The molecule has 11 heteroatoms. The highest BCUT2D eigenvalue weighted by molar-refractivity contribution is 6.74. The lowest BCUT2D eigenvalue weighted by atomic mass is 9.73. The molecule has 0 aromatic rings. The summed E-state index contributed by atoms with van der Waals surface area (Å²) >= 11 is 0. The fourth-order valence-electron chi connectivity index (χ4n) is 5.56. The molecule has 1 aliphatic rings. The minimum Gasteiger partial charge on any atom is -0.454 e. The maximum Gasteiger partial charge on any atom is 0.412 e. The van der Waals surface area contributed by atoms with Crippen molar-refractivity contribution < 1.29 is 41.1 Å². The average Bonchev–Trinajstić information content (AvgIpc) is 2.92. The number of hydrogen-bond acceptors (Lipinski definition) is 6. The van der Waals surface area contributed by atoms with E-state index in [-0.39, 0.29) is 23.2 Å². The smallest absolute Gasteiger partial charge is 0.412 e. The summed E-state index contributed by atoms with van der Waals surface area (Å²) < 4.78 is 61.2. The topological polar surface area (TPSA) is 78.9 Å². The number of cyclic esters (lactones) is 1. The molecule has 0 amide bonds. The van der Waals surface area contributed by atoms with E-state index in [9.17, 15) is 27.6 Å². The second-order valence-corrected chi connectivity index (χ2v) is 24.3. The Hall–Kier alpha value is -1.57. The van der Waals surface area contributed by atoms with Crippen molar-refractivity contribution in [3.8, 4) is 0 Å². The number of rotatable bonds is 8. The van der Waals surface area contributed by atoms with Crippen molar-refractivity contribution in [3.63, 3.8) is 0 Å². The van der Waals surface area contributed by atoms with Crippen molar-refractivity contribution in [1.82, 2.24) is 0 Å². The molecule has 0 aromatic carbocycles. The number of halogens is 3. The number of esters is 1. The molecule has 1 unspecified atom stereocenters. The SMILES string of the molecule is CC[Si](CC)(CC)O[C@H]1CC(=O)O[C@H](C(C)=O)C/C=C(/C(F)(F)F)C/C=C/[C@H](C)[C@H](O[Si](C)(C)C(C)(C)C)C(C)C(=O)C1(C)C. The van der Waals surface area contributed by atoms with E-state index in [0.29, 0.717) is 0 Å². The highest BCUT2D eigenvalue weighted by Crippen LogP contribution is 2.42. The number of carbonyl (C=O) groups excluding carboxylic acids is 3. The van der Waals surface area contributed by atoms with E-state index in [1.54, 1.807) is 19.9 Å². The third kappa shape index (κ3) is 11.0. The van der Waals surface area contributed by atoms with E-state index >= 15 is 0 Å². The van der Waals surface area contributed by atoms with Crippen molar-refractivity contribution in [3.05, 3.63) is 23.8 Å². The van der Waals surface area contributed by atoms with Crippen LogP contribution in [0.2, 0.25) is 36.3 Å². The second kappa shape index (κ2) is 16.0. The quantitative estimate of drug-likeness (QED) is 0.145. The van der Waals surface area contributed by atoms with E-state index in [2.05, 4.69) is 54.6 Å². The van der Waals surface area contributed by atoms with Crippen molar-refractivity contribution in [1.29, 1.82) is 0 Å². The fraction of sp³-hybridized carbons (Fsp3) is 0.794. The van der Waals surface area contributed by atoms with Crippen LogP contribution in [0.3, 0.4) is 0 Å². The Balaban J connectivity index is 3.90. The van der Waals surface area contributed by atoms with Gasteiger partial charge in [0, 0.05) is 23.3 Å². The lowest BCUT2D eigenvalue weighted by Gasteiger charge is -2.45. The molecule has 6 nitrogen and oxygen atoms in total. The van der Waals surface area contributed by atoms with Gasteiger partial charge < -0.3 is 13.6 Å². The highest BCUT2D eigenvalue weighted by atomic mass is 28.4. The monoisotopic (exact) mass is 676 g/mol. The zero-order chi connectivity index (χ0) is 35.2. The largest absolute Gasteiger partial charge is 0.454 e. The Morgan fingerprint density at radius 3 is 2.00 bits per heavy atom. The molecule has 0 aromatic heterocycles. The summed E-state index contributed by atoms with van der Waals surface area (Å²) in [6, 6.07) is 2.35. The van der Waals surface area contributed by atoms with Crippen LogP contribution in [-0.2, 0) is 28.0 Å². The first kappa shape index (κ1) is 41.5. The molecule has 1 heterocycles. The van der Waals surface area contributed by atoms with Crippen LogP contribution in [0.1, 0.15) is 95.4 Å². The molecule has 1 aliphatic heterocycles. The van der Waals surface area contributed by atoms with Crippen molar-refractivity contribution in [2.75, 3.05) is 0 Å². The van der Waals surface area contributed by atoms with Crippen LogP contribution in [0.15, 0.2) is 23.8 Å². The molecule has 0 saturated heterocycles. The number of allylic oxidation sites excluding steroid dienone is 2. The lowest BCUT2D eigenvalue weighted by Crippen LogP contribution is -2.53. The summed E-state index contributed by atoms with van der Waals surface area (Å²) in [5.74, 6) is -2.54. The number of ether oxygens (including phenoxy) is 1. The molecule has 0 fully saturated rings. The molecule has 0 saturated carbocycles. The predicted molar refractivity (Wildman–Crippen MR) is 179 cm³/mol. The Morgan fingerprint density at radius 2 is 1.56 bits per heavy atom. The van der Waals surface area contributed by atoms with Gasteiger partial charge in [-0.25, -0.2) is 0 Å². The van der Waals surface area contributed by atoms with E-state index in [1.165, 1.54) is 13.0 Å². The number of alkyl halides is 3. The molecule has 260 valence electrons. The fourth-order valence-corrected chi connectivity index (χ4v) is 10.00. The molecular weight excluding hydrogens is 618 g/mol. The molecule has 0 aliphatic carbocycles. The molecule has 5 atom stereocenters. The average molecular weight is 677 g/mol. The normalized spacial score (nSPS) is 28.6. The predicted octanol–water partition coefficient (Wildman–Crippen LogP) is 9.36. The van der Waals surface area contributed by atoms with Gasteiger partial charge in [-0.15, -0.1) is 0 Å². The summed E-state index contributed by atoms with van der Waals surface area (Å²) in [4.78, 5) is 40.3. The van der Waals surface area contributed by atoms with Crippen LogP contribution < -0.4 is 0 Å². The van der Waals surface area contributed by atoms with Crippen LogP contribution >= 0.6 is 0 Å². The zero-order valence-electron chi connectivity index (χ0n) is 29.9. The number of carbonyl (C=O) groups is 3. The maximum atomic E-state index is 14.6. The van der Waals surface area contributed by atoms with Gasteiger partial charge in [0.05, 0.1) is 18.6 Å². The maximum absolute atomic E-state index is 14.6. The molecule has 1 rings (SSSR count). The number of Topliss-reactive ketones (excluding diaryl/α,β-unsaturated/α-hetero) is 2. The Kier molecular flexibility index (Phi) is 14.8. The van der Waals surface area contributed by atoms with E-state index < -0.39 is 82.6 Å². The molecule has 0 radical (unpaired) electrons. The van der Waals surface area contributed by atoms with Gasteiger partial charge in [0.15, 0.2) is 28.5 Å². The van der Waals surface area contributed by atoms with Gasteiger partial charge in [0.25, 0.3) is 0 Å². The summed E-state index contributed by atoms with van der Waals surface area (Å²) in [6.07, 6.45) is -4.53. The summed E-state index contributed by atoms with van der Waals surface area (Å²) in [5, 5.41) is -0.173. The van der Waals surface area contributed by atoms with Gasteiger partial charge in [0.2, 0.25) is 0 Å². The van der Waals surface area contributed by atoms with Gasteiger partial charge in [0.1, 0.15) is 5.78 Å².